The minimum absolute atomic E-state index is 0.00765. The molecule has 0 unspecified atom stereocenters. The number of nitrogens with zero attached hydrogens (tertiary/aromatic N) is 3. The number of ketones is 1. The van der Waals surface area contributed by atoms with Gasteiger partial charge in [0.15, 0.2) is 11.9 Å². The standard InChI is InChI=1S/C42H65N5O7S/c1-10-19-47(40(51)32(27(5)11-2)22-36(49)34-14-12-13-20-46(34)9)35(26(3)4)23-37(54-28(6)48)39-45-33(25-55-39)38(50)44-31(24-42(7,8)41(52)53)21-29-15-17-30(43)18-16-29/h15-18,25-27,31-32,34-35,37H,10-14,19-24,43H2,1-9H3,(H,44,50)(H,52,53)/t27-,31-,32-,34+,35+,37+/m0/s1. The number of carboxylic acid groups (broad SMARTS) is 1. The lowest BCUT2D eigenvalue weighted by Gasteiger charge is -2.39. The van der Waals surface area contributed by atoms with Gasteiger partial charge >= 0.3 is 11.9 Å². The quantitative estimate of drug-likeness (QED) is 0.0891. The van der Waals surface area contributed by atoms with Crippen molar-refractivity contribution in [1.82, 2.24) is 20.1 Å². The number of nitrogen functional groups attached to an aromatic ring is 1. The summed E-state index contributed by atoms with van der Waals surface area (Å²) in [6, 6.07) is 6.18. The molecule has 6 atom stereocenters. The number of esters is 1. The molecule has 1 aromatic heterocycles. The second-order valence-electron chi connectivity index (χ2n) is 16.4. The molecule has 0 spiro atoms. The van der Waals surface area contributed by atoms with Gasteiger partial charge in [-0.2, -0.15) is 0 Å². The molecular weight excluding hydrogens is 719 g/mol. The van der Waals surface area contributed by atoms with Crippen LogP contribution in [0.3, 0.4) is 0 Å². The van der Waals surface area contributed by atoms with Crippen LogP contribution < -0.4 is 11.1 Å². The van der Waals surface area contributed by atoms with Crippen LogP contribution in [0.5, 0.6) is 0 Å². The number of hydrogen-bond acceptors (Lipinski definition) is 10. The van der Waals surface area contributed by atoms with Crippen LogP contribution in [0.4, 0.5) is 5.69 Å². The third-order valence-corrected chi connectivity index (χ3v) is 12.0. The zero-order chi connectivity index (χ0) is 41.0. The van der Waals surface area contributed by atoms with Crippen molar-refractivity contribution in [3.05, 3.63) is 45.9 Å². The van der Waals surface area contributed by atoms with E-state index >= 15 is 0 Å². The van der Waals surface area contributed by atoms with Gasteiger partial charge in [-0.3, -0.25) is 28.9 Å². The summed E-state index contributed by atoms with van der Waals surface area (Å²) in [5.74, 6) is -2.41. The van der Waals surface area contributed by atoms with Crippen LogP contribution >= 0.6 is 11.3 Å². The van der Waals surface area contributed by atoms with Crippen LogP contribution in [0.15, 0.2) is 29.6 Å². The topological polar surface area (TPSA) is 172 Å². The molecule has 0 aliphatic carbocycles. The summed E-state index contributed by atoms with van der Waals surface area (Å²) in [5, 5.41) is 14.9. The number of rotatable bonds is 21. The summed E-state index contributed by atoms with van der Waals surface area (Å²) in [7, 11) is 1.99. The average molecular weight is 784 g/mol. The molecule has 13 heteroatoms. The molecule has 1 aliphatic heterocycles. The highest BCUT2D eigenvalue weighted by molar-refractivity contribution is 7.09. The number of carboxylic acids is 1. The van der Waals surface area contributed by atoms with Gasteiger partial charge in [-0.25, -0.2) is 4.98 Å². The van der Waals surface area contributed by atoms with Crippen LogP contribution in [0, 0.1) is 23.2 Å². The smallest absolute Gasteiger partial charge is 0.309 e. The molecule has 3 rings (SSSR count). The largest absolute Gasteiger partial charge is 0.481 e. The number of piperidine rings is 1. The molecule has 2 heterocycles. The molecule has 0 saturated carbocycles. The highest BCUT2D eigenvalue weighted by atomic mass is 32.1. The van der Waals surface area contributed by atoms with Crippen molar-refractivity contribution in [1.29, 1.82) is 0 Å². The van der Waals surface area contributed by atoms with Crippen molar-refractivity contribution in [2.45, 2.75) is 137 Å². The fourth-order valence-electron chi connectivity index (χ4n) is 7.54. The summed E-state index contributed by atoms with van der Waals surface area (Å²) < 4.78 is 5.87. The first-order chi connectivity index (χ1) is 25.9. The zero-order valence-electron chi connectivity index (χ0n) is 34.4. The molecule has 2 aromatic rings. The van der Waals surface area contributed by atoms with Crippen molar-refractivity contribution < 1.29 is 33.8 Å². The summed E-state index contributed by atoms with van der Waals surface area (Å²) in [4.78, 5) is 75.2. The molecular formula is C42H65N5O7S. The number of ether oxygens (including phenoxy) is 1. The van der Waals surface area contributed by atoms with Gasteiger partial charge in [0.05, 0.1) is 11.5 Å². The van der Waals surface area contributed by atoms with E-state index in [0.29, 0.717) is 30.1 Å². The van der Waals surface area contributed by atoms with E-state index in [1.54, 1.807) is 31.4 Å². The van der Waals surface area contributed by atoms with Crippen LogP contribution in [-0.2, 0) is 30.3 Å². The van der Waals surface area contributed by atoms with E-state index in [1.165, 1.54) is 18.3 Å². The van der Waals surface area contributed by atoms with E-state index in [1.807, 2.05) is 58.7 Å². The fraction of sp³-hybridized carbons (Fsp3) is 0.667. The Labute approximate surface area is 332 Å². The maximum atomic E-state index is 14.6. The van der Waals surface area contributed by atoms with Crippen LogP contribution in [0.1, 0.15) is 134 Å². The first-order valence-corrected chi connectivity index (χ1v) is 20.8. The van der Waals surface area contributed by atoms with E-state index in [9.17, 15) is 29.1 Å². The lowest BCUT2D eigenvalue weighted by atomic mass is 9.82. The predicted octanol–water partition coefficient (Wildman–Crippen LogP) is 6.93. The van der Waals surface area contributed by atoms with Gasteiger partial charge in [-0.15, -0.1) is 11.3 Å². The molecule has 4 N–H and O–H groups in total. The molecule has 12 nitrogen and oxygen atoms in total. The monoisotopic (exact) mass is 783 g/mol. The second kappa shape index (κ2) is 20.9. The number of likely N-dealkylation sites (N-methyl/N-ethyl adjacent to an activating group) is 1. The van der Waals surface area contributed by atoms with Gasteiger partial charge in [0.25, 0.3) is 5.91 Å². The number of benzene rings is 1. The first kappa shape index (κ1) is 45.5. The van der Waals surface area contributed by atoms with E-state index in [2.05, 4.69) is 15.2 Å². The molecule has 0 radical (unpaired) electrons. The normalized spacial score (nSPS) is 17.8. The molecule has 1 aliphatic rings. The lowest BCUT2D eigenvalue weighted by Crippen LogP contribution is -2.50. The molecule has 306 valence electrons. The molecule has 1 fully saturated rings. The number of likely N-dealkylation sites (tertiary alicyclic amines) is 1. The Morgan fingerprint density at radius 2 is 1.78 bits per heavy atom. The third kappa shape index (κ3) is 13.1. The average Bonchev–Trinajstić information content (AvgIpc) is 3.62. The van der Waals surface area contributed by atoms with E-state index in [4.69, 9.17) is 10.5 Å². The summed E-state index contributed by atoms with van der Waals surface area (Å²) >= 11 is 1.20. The Morgan fingerprint density at radius 3 is 2.35 bits per heavy atom. The highest BCUT2D eigenvalue weighted by Gasteiger charge is 2.39. The van der Waals surface area contributed by atoms with E-state index < -0.39 is 41.3 Å². The zero-order valence-corrected chi connectivity index (χ0v) is 35.2. The number of aromatic nitrogens is 1. The maximum Gasteiger partial charge on any atom is 0.309 e. The number of nitrogens with two attached hydrogens (primary N) is 1. The van der Waals surface area contributed by atoms with Crippen molar-refractivity contribution in [2.24, 2.45) is 23.2 Å². The van der Waals surface area contributed by atoms with Crippen molar-refractivity contribution in [3.63, 3.8) is 0 Å². The number of aliphatic carboxylic acids is 1. The molecule has 1 aromatic carbocycles. The van der Waals surface area contributed by atoms with E-state index in [-0.39, 0.29) is 60.6 Å². The second-order valence-corrected chi connectivity index (χ2v) is 17.3. The lowest BCUT2D eigenvalue weighted by molar-refractivity contribution is -0.150. The minimum atomic E-state index is -1.11. The van der Waals surface area contributed by atoms with Gasteiger partial charge in [0.2, 0.25) is 5.91 Å². The van der Waals surface area contributed by atoms with Gasteiger partial charge in [0.1, 0.15) is 10.7 Å². The maximum absolute atomic E-state index is 14.6. The molecule has 1 saturated heterocycles. The summed E-state index contributed by atoms with van der Waals surface area (Å²) in [6.07, 6.45) is 4.51. The fourth-order valence-corrected chi connectivity index (χ4v) is 8.38. The van der Waals surface area contributed by atoms with Crippen molar-refractivity contribution in [3.8, 4) is 0 Å². The molecule has 2 amide bonds. The molecule has 55 heavy (non-hydrogen) atoms. The van der Waals surface area contributed by atoms with Gasteiger partial charge in [-0.1, -0.05) is 59.6 Å². The summed E-state index contributed by atoms with van der Waals surface area (Å²) in [5.41, 5.74) is 6.37. The van der Waals surface area contributed by atoms with Crippen molar-refractivity contribution in [2.75, 3.05) is 25.9 Å². The van der Waals surface area contributed by atoms with Gasteiger partial charge in [-0.05, 0) is 89.1 Å². The Morgan fingerprint density at radius 1 is 1.11 bits per heavy atom. The number of carbonyl (C=O) groups is 5. The number of hydrogen-bond donors (Lipinski definition) is 3. The third-order valence-electron chi connectivity index (χ3n) is 11.1. The summed E-state index contributed by atoms with van der Waals surface area (Å²) in [6.45, 7) is 16.1. The number of thiazole rings is 1. The van der Waals surface area contributed by atoms with Gasteiger partial charge in [0, 0.05) is 55.4 Å². The number of amides is 2. The van der Waals surface area contributed by atoms with Crippen LogP contribution in [0.2, 0.25) is 0 Å². The Hall–Kier alpha value is -3.84. The Balaban J connectivity index is 1.89. The minimum Gasteiger partial charge on any atom is -0.481 e. The van der Waals surface area contributed by atoms with Crippen LogP contribution in [-0.4, -0.2) is 87.7 Å². The Bertz CT molecular complexity index is 1590. The SMILES string of the molecule is CCCN(C(=O)[C@@H](CC(=O)[C@H]1CCCCN1C)[C@@H](C)CC)[C@H](C[C@@H](OC(C)=O)c1nc(C(=O)N[C@@H](Cc2ccc(N)cc2)CC(C)(C)C(=O)O)cs1)C(C)C. The van der Waals surface area contributed by atoms with Gasteiger partial charge < -0.3 is 25.8 Å². The van der Waals surface area contributed by atoms with Crippen molar-refractivity contribution >= 4 is 46.6 Å². The first-order valence-electron chi connectivity index (χ1n) is 19.9. The number of nitrogens with one attached hydrogen (secondary N) is 1. The number of Topliss-reactive ketones (excluding diaryl/α,β-unsaturated/α-hetero) is 1. The predicted molar refractivity (Wildman–Crippen MR) is 217 cm³/mol. The van der Waals surface area contributed by atoms with Crippen LogP contribution in [0.25, 0.3) is 0 Å². The highest BCUT2D eigenvalue weighted by Crippen LogP contribution is 2.34. The number of carbonyl (C=O) groups excluding carboxylic acids is 4. The molecule has 0 bridgehead atoms. The number of anilines is 1. The Kier molecular flexibility index (Phi) is 17.3. The van der Waals surface area contributed by atoms with E-state index in [0.717, 1.165) is 37.8 Å².